The van der Waals surface area contributed by atoms with E-state index in [4.69, 9.17) is 6.57 Å². The summed E-state index contributed by atoms with van der Waals surface area (Å²) in [7, 11) is 0. The summed E-state index contributed by atoms with van der Waals surface area (Å²) in [6.07, 6.45) is 3.62. The molecule has 1 aliphatic heterocycles. The summed E-state index contributed by atoms with van der Waals surface area (Å²) < 4.78 is 1.02. The Hall–Kier alpha value is -1.93. The second-order valence-corrected chi connectivity index (χ2v) is 5.95. The molecule has 0 saturated heterocycles. The maximum absolute atomic E-state index is 7.65. The molecule has 0 aliphatic carbocycles. The van der Waals surface area contributed by atoms with Crippen LogP contribution in [0.5, 0.6) is 0 Å². The van der Waals surface area contributed by atoms with Crippen LogP contribution in [0.4, 0.5) is 5.82 Å². The van der Waals surface area contributed by atoms with Crippen molar-refractivity contribution in [2.75, 3.05) is 0 Å². The van der Waals surface area contributed by atoms with Gasteiger partial charge in [0, 0.05) is 10.0 Å². The number of halogens is 1. The first-order valence-corrected chi connectivity index (χ1v) is 7.77. The summed E-state index contributed by atoms with van der Waals surface area (Å²) in [4.78, 5) is 8.50. The zero-order valence-electron chi connectivity index (χ0n) is 11.7. The first kappa shape index (κ1) is 14.0. The van der Waals surface area contributed by atoms with Crippen molar-refractivity contribution in [1.29, 1.82) is 0 Å². The van der Waals surface area contributed by atoms with Crippen molar-refractivity contribution >= 4 is 27.5 Å². The molecule has 0 amide bonds. The molecule has 1 aliphatic rings. The normalized spacial score (nSPS) is 20.5. The van der Waals surface area contributed by atoms with E-state index in [-0.39, 0.29) is 12.0 Å². The van der Waals surface area contributed by atoms with E-state index in [9.17, 15) is 0 Å². The van der Waals surface area contributed by atoms with Gasteiger partial charge in [-0.2, -0.15) is 5.10 Å². The van der Waals surface area contributed by atoms with Crippen molar-refractivity contribution in [2.45, 2.75) is 31.7 Å². The van der Waals surface area contributed by atoms with Gasteiger partial charge in [0.2, 0.25) is 0 Å². The van der Waals surface area contributed by atoms with Crippen molar-refractivity contribution in [1.82, 2.24) is 10.2 Å². The molecule has 2 atom stereocenters. The first-order chi connectivity index (χ1) is 10.3. The van der Waals surface area contributed by atoms with Crippen LogP contribution in [0.15, 0.2) is 39.9 Å². The molecule has 21 heavy (non-hydrogen) atoms. The van der Waals surface area contributed by atoms with Gasteiger partial charge >= 0.3 is 0 Å². The minimum absolute atomic E-state index is 0.0223. The van der Waals surface area contributed by atoms with Gasteiger partial charge in [-0.3, -0.25) is 5.10 Å². The lowest BCUT2D eigenvalue weighted by Crippen LogP contribution is -2.29. The standard InChI is InChI=1S/C16H15BrN4/c1-3-6-13-15(18-2)14(10-7-4-5-8-12(10)17)11-9-19-21-16(11)20-13/h4-5,7-9,14-15H,3,6H2,1H3,(H,19,21). The van der Waals surface area contributed by atoms with E-state index in [0.29, 0.717) is 0 Å². The molecule has 2 heterocycles. The fourth-order valence-corrected chi connectivity index (χ4v) is 3.38. The van der Waals surface area contributed by atoms with Crippen LogP contribution < -0.4 is 0 Å². The van der Waals surface area contributed by atoms with Gasteiger partial charge in [-0.15, -0.1) is 0 Å². The smallest absolute Gasteiger partial charge is 0.272 e. The third-order valence-electron chi connectivity index (χ3n) is 3.78. The molecule has 1 N–H and O–H groups in total. The summed E-state index contributed by atoms with van der Waals surface area (Å²) in [5.74, 6) is 0.768. The minimum Gasteiger partial charge on any atom is -0.306 e. The molecule has 0 saturated carbocycles. The van der Waals surface area contributed by atoms with Crippen LogP contribution in [0.25, 0.3) is 4.85 Å². The number of nitrogens with one attached hydrogen (secondary N) is 1. The highest BCUT2D eigenvalue weighted by Gasteiger charge is 2.40. The number of nitrogens with zero attached hydrogens (tertiary/aromatic N) is 3. The number of aromatic amines is 1. The molecule has 0 spiro atoms. The summed E-state index contributed by atoms with van der Waals surface area (Å²) in [5.41, 5.74) is 3.07. The van der Waals surface area contributed by atoms with Crippen LogP contribution >= 0.6 is 15.9 Å². The Morgan fingerprint density at radius 1 is 1.33 bits per heavy atom. The van der Waals surface area contributed by atoms with Crippen LogP contribution in [-0.2, 0) is 0 Å². The van der Waals surface area contributed by atoms with Crippen LogP contribution in [0.2, 0.25) is 0 Å². The van der Waals surface area contributed by atoms with E-state index < -0.39 is 0 Å². The van der Waals surface area contributed by atoms with Crippen LogP contribution in [0, 0.1) is 6.57 Å². The van der Waals surface area contributed by atoms with Crippen LogP contribution in [-0.4, -0.2) is 22.0 Å². The number of fused-ring (bicyclic) bond motifs is 1. The highest BCUT2D eigenvalue weighted by Crippen LogP contribution is 2.42. The van der Waals surface area contributed by atoms with E-state index in [2.05, 4.69) is 49.0 Å². The summed E-state index contributed by atoms with van der Waals surface area (Å²) in [6, 6.07) is 7.82. The Labute approximate surface area is 132 Å². The van der Waals surface area contributed by atoms with Gasteiger partial charge in [0.15, 0.2) is 5.82 Å². The van der Waals surface area contributed by atoms with Crippen molar-refractivity contribution in [2.24, 2.45) is 4.99 Å². The van der Waals surface area contributed by atoms with Crippen molar-refractivity contribution in [3.05, 3.63) is 57.5 Å². The molecular formula is C16H15BrN4. The maximum atomic E-state index is 7.65. The molecule has 3 rings (SSSR count). The van der Waals surface area contributed by atoms with Gasteiger partial charge < -0.3 is 4.85 Å². The second-order valence-electron chi connectivity index (χ2n) is 5.10. The number of rotatable bonds is 3. The average Bonchev–Trinajstić information content (AvgIpc) is 2.95. The number of hydrogen-bond donors (Lipinski definition) is 1. The van der Waals surface area contributed by atoms with E-state index in [1.54, 1.807) is 6.20 Å². The summed E-state index contributed by atoms with van der Waals surface area (Å²) in [6.45, 7) is 9.76. The molecule has 5 heteroatoms. The van der Waals surface area contributed by atoms with Gasteiger partial charge in [-0.25, -0.2) is 11.6 Å². The minimum atomic E-state index is -0.256. The fraction of sp³-hybridized carbons (Fsp3) is 0.312. The topological polar surface area (TPSA) is 45.4 Å². The third-order valence-corrected chi connectivity index (χ3v) is 4.50. The molecule has 4 nitrogen and oxygen atoms in total. The third kappa shape index (κ3) is 2.40. The predicted octanol–water partition coefficient (Wildman–Crippen LogP) is 4.48. The number of aliphatic imine (C=N–C) groups is 1. The molecule has 0 bridgehead atoms. The van der Waals surface area contributed by atoms with E-state index >= 15 is 0 Å². The van der Waals surface area contributed by atoms with Gasteiger partial charge in [0.25, 0.3) is 6.04 Å². The zero-order valence-corrected chi connectivity index (χ0v) is 13.3. The Bertz CT molecular complexity index is 726. The van der Waals surface area contributed by atoms with E-state index in [1.807, 2.05) is 18.2 Å². The largest absolute Gasteiger partial charge is 0.306 e. The SMILES string of the molecule is [C-]#[N+]C1C(CCC)=Nc2[nH]ncc2C1c1ccccc1Br. The molecule has 1 aromatic carbocycles. The quantitative estimate of drug-likeness (QED) is 0.821. The second kappa shape index (κ2) is 5.82. The van der Waals surface area contributed by atoms with Gasteiger partial charge in [0.1, 0.15) is 5.71 Å². The van der Waals surface area contributed by atoms with E-state index in [1.165, 1.54) is 0 Å². The number of hydrogen-bond acceptors (Lipinski definition) is 2. The van der Waals surface area contributed by atoms with Crippen LogP contribution in [0.1, 0.15) is 36.8 Å². The lowest BCUT2D eigenvalue weighted by atomic mass is 9.81. The maximum Gasteiger partial charge on any atom is 0.272 e. The highest BCUT2D eigenvalue weighted by atomic mass is 79.9. The Morgan fingerprint density at radius 2 is 2.14 bits per heavy atom. The van der Waals surface area contributed by atoms with Crippen molar-refractivity contribution in [3.63, 3.8) is 0 Å². The highest BCUT2D eigenvalue weighted by molar-refractivity contribution is 9.10. The summed E-state index contributed by atoms with van der Waals surface area (Å²) in [5, 5.41) is 7.08. The number of benzene rings is 1. The number of aromatic nitrogens is 2. The molecule has 2 aromatic rings. The van der Waals surface area contributed by atoms with Crippen molar-refractivity contribution < 1.29 is 0 Å². The van der Waals surface area contributed by atoms with Crippen molar-refractivity contribution in [3.8, 4) is 0 Å². The predicted molar refractivity (Wildman–Crippen MR) is 87.0 cm³/mol. The number of H-pyrrole nitrogens is 1. The molecule has 106 valence electrons. The molecule has 1 aromatic heterocycles. The zero-order chi connectivity index (χ0) is 14.8. The van der Waals surface area contributed by atoms with Crippen LogP contribution in [0.3, 0.4) is 0 Å². The lowest BCUT2D eigenvalue weighted by molar-refractivity contribution is 0.766. The Morgan fingerprint density at radius 3 is 2.86 bits per heavy atom. The molecule has 0 radical (unpaired) electrons. The fourth-order valence-electron chi connectivity index (χ4n) is 2.85. The molecule has 2 unspecified atom stereocenters. The summed E-state index contributed by atoms with van der Waals surface area (Å²) >= 11 is 3.61. The lowest BCUT2D eigenvalue weighted by Gasteiger charge is -2.24. The first-order valence-electron chi connectivity index (χ1n) is 6.98. The molecular weight excluding hydrogens is 328 g/mol. The Balaban J connectivity index is 2.17. The van der Waals surface area contributed by atoms with Gasteiger partial charge in [-0.1, -0.05) is 47.5 Å². The van der Waals surface area contributed by atoms with Gasteiger partial charge in [0.05, 0.1) is 12.1 Å². The monoisotopic (exact) mass is 342 g/mol. The molecule has 0 fully saturated rings. The average molecular weight is 343 g/mol. The van der Waals surface area contributed by atoms with E-state index in [0.717, 1.165) is 40.0 Å². The van der Waals surface area contributed by atoms with Gasteiger partial charge in [-0.05, 0) is 18.1 Å². The Kier molecular flexibility index (Phi) is 3.89.